The van der Waals surface area contributed by atoms with E-state index in [0.717, 1.165) is 24.7 Å². The number of thioether (sulfide) groups is 1. The maximum Gasteiger partial charge on any atom is 0.0700 e. The molecule has 0 saturated carbocycles. The molecule has 0 radical (unpaired) electrons. The van der Waals surface area contributed by atoms with Gasteiger partial charge in [0.1, 0.15) is 0 Å². The summed E-state index contributed by atoms with van der Waals surface area (Å²) < 4.78 is 10.1. The molecule has 68 valence electrons. The Kier molecular flexibility index (Phi) is 10.4. The summed E-state index contributed by atoms with van der Waals surface area (Å²) in [5.74, 6) is 2.05. The highest BCUT2D eigenvalue weighted by molar-refractivity contribution is 7.99. The summed E-state index contributed by atoms with van der Waals surface area (Å²) in [7, 11) is 1.67. The summed E-state index contributed by atoms with van der Waals surface area (Å²) in [5, 5.41) is 0. The number of nitrogens with two attached hydrogens (primary N) is 1. The first-order chi connectivity index (χ1) is 5.41. The van der Waals surface area contributed by atoms with E-state index in [9.17, 15) is 0 Å². The Hall–Kier alpha value is 0.230. The third kappa shape index (κ3) is 10.2. The Bertz CT molecular complexity index is 65.5. The zero-order valence-corrected chi connectivity index (χ0v) is 7.86. The van der Waals surface area contributed by atoms with Gasteiger partial charge in [0.15, 0.2) is 0 Å². The molecule has 0 atom stereocenters. The van der Waals surface area contributed by atoms with E-state index in [1.165, 1.54) is 0 Å². The SMILES string of the molecule is COCCOCCSCCN. The second kappa shape index (κ2) is 10.2. The highest BCUT2D eigenvalue weighted by atomic mass is 32.2. The van der Waals surface area contributed by atoms with Gasteiger partial charge in [0.25, 0.3) is 0 Å². The zero-order valence-electron chi connectivity index (χ0n) is 7.04. The summed E-state index contributed by atoms with van der Waals surface area (Å²) >= 11 is 1.82. The molecule has 0 amide bonds. The predicted octanol–water partition coefficient (Wildman–Crippen LogP) is 0.341. The fourth-order valence-corrected chi connectivity index (χ4v) is 1.15. The number of rotatable bonds is 8. The molecule has 0 rings (SSSR count). The van der Waals surface area contributed by atoms with Crippen molar-refractivity contribution < 1.29 is 9.47 Å². The number of ether oxygens (including phenoxy) is 2. The molecular formula is C7H17NO2S. The average molecular weight is 179 g/mol. The van der Waals surface area contributed by atoms with Crippen molar-refractivity contribution in [2.45, 2.75) is 0 Å². The van der Waals surface area contributed by atoms with Crippen LogP contribution >= 0.6 is 11.8 Å². The molecule has 11 heavy (non-hydrogen) atoms. The number of hydrogen-bond acceptors (Lipinski definition) is 4. The molecule has 0 unspecified atom stereocenters. The maximum absolute atomic E-state index is 5.31. The van der Waals surface area contributed by atoms with Crippen molar-refractivity contribution in [3.63, 3.8) is 0 Å². The van der Waals surface area contributed by atoms with Gasteiger partial charge in [0.05, 0.1) is 19.8 Å². The molecule has 2 N–H and O–H groups in total. The van der Waals surface area contributed by atoms with E-state index < -0.39 is 0 Å². The summed E-state index contributed by atoms with van der Waals surface area (Å²) in [6.07, 6.45) is 0. The van der Waals surface area contributed by atoms with Gasteiger partial charge in [-0.3, -0.25) is 0 Å². The lowest BCUT2D eigenvalue weighted by atomic mass is 10.7. The predicted molar refractivity (Wildman–Crippen MR) is 49.1 cm³/mol. The van der Waals surface area contributed by atoms with Crippen LogP contribution in [0, 0.1) is 0 Å². The molecule has 0 fully saturated rings. The number of hydrogen-bond donors (Lipinski definition) is 1. The van der Waals surface area contributed by atoms with Crippen LogP contribution in [0.25, 0.3) is 0 Å². The van der Waals surface area contributed by atoms with Crippen molar-refractivity contribution in [1.82, 2.24) is 0 Å². The highest BCUT2D eigenvalue weighted by Gasteiger charge is 1.88. The van der Waals surface area contributed by atoms with Crippen LogP contribution < -0.4 is 5.73 Å². The Morgan fingerprint density at radius 3 is 2.64 bits per heavy atom. The second-order valence-electron chi connectivity index (χ2n) is 2.01. The normalized spacial score (nSPS) is 10.4. The first-order valence-electron chi connectivity index (χ1n) is 3.76. The van der Waals surface area contributed by atoms with E-state index in [4.69, 9.17) is 15.2 Å². The molecule has 0 bridgehead atoms. The van der Waals surface area contributed by atoms with Crippen LogP contribution in [0.4, 0.5) is 0 Å². The lowest BCUT2D eigenvalue weighted by Crippen LogP contribution is -2.06. The summed E-state index contributed by atoms with van der Waals surface area (Å²) in [5.41, 5.74) is 5.31. The first-order valence-corrected chi connectivity index (χ1v) is 4.91. The van der Waals surface area contributed by atoms with Gasteiger partial charge in [-0.1, -0.05) is 0 Å². The fraction of sp³-hybridized carbons (Fsp3) is 1.00. The van der Waals surface area contributed by atoms with Crippen LogP contribution in [0.3, 0.4) is 0 Å². The summed E-state index contributed by atoms with van der Waals surface area (Å²) in [6, 6.07) is 0. The third-order valence-corrected chi connectivity index (χ3v) is 2.05. The monoisotopic (exact) mass is 179 g/mol. The van der Waals surface area contributed by atoms with Gasteiger partial charge in [-0.15, -0.1) is 0 Å². The molecule has 0 aromatic carbocycles. The van der Waals surface area contributed by atoms with Crippen molar-refractivity contribution in [2.24, 2.45) is 5.73 Å². The van der Waals surface area contributed by atoms with E-state index in [0.29, 0.717) is 13.2 Å². The zero-order chi connectivity index (χ0) is 8.36. The van der Waals surface area contributed by atoms with Crippen molar-refractivity contribution in [1.29, 1.82) is 0 Å². The molecule has 0 aromatic heterocycles. The minimum atomic E-state index is 0.682. The average Bonchev–Trinajstić information content (AvgIpc) is 2.03. The van der Waals surface area contributed by atoms with Crippen LogP contribution in [-0.4, -0.2) is 45.0 Å². The molecule has 0 heterocycles. The molecule has 0 aliphatic rings. The van der Waals surface area contributed by atoms with Crippen molar-refractivity contribution in [3.8, 4) is 0 Å². The van der Waals surface area contributed by atoms with Crippen LogP contribution in [0.2, 0.25) is 0 Å². The smallest absolute Gasteiger partial charge is 0.0700 e. The van der Waals surface area contributed by atoms with E-state index in [1.54, 1.807) is 7.11 Å². The van der Waals surface area contributed by atoms with Crippen LogP contribution in [0.1, 0.15) is 0 Å². The van der Waals surface area contributed by atoms with Gasteiger partial charge < -0.3 is 15.2 Å². The van der Waals surface area contributed by atoms with Gasteiger partial charge in [-0.2, -0.15) is 11.8 Å². The third-order valence-electron chi connectivity index (χ3n) is 1.07. The lowest BCUT2D eigenvalue weighted by molar-refractivity contribution is 0.0790. The molecular weight excluding hydrogens is 162 g/mol. The molecule has 0 spiro atoms. The van der Waals surface area contributed by atoms with Crippen molar-refractivity contribution >= 4 is 11.8 Å². The highest BCUT2D eigenvalue weighted by Crippen LogP contribution is 1.96. The van der Waals surface area contributed by atoms with E-state index in [2.05, 4.69) is 0 Å². The summed E-state index contributed by atoms with van der Waals surface area (Å²) in [4.78, 5) is 0. The first kappa shape index (κ1) is 11.2. The largest absolute Gasteiger partial charge is 0.382 e. The maximum atomic E-state index is 5.31. The van der Waals surface area contributed by atoms with Gasteiger partial charge >= 0.3 is 0 Å². The Balaban J connectivity index is 2.69. The Morgan fingerprint density at radius 1 is 1.18 bits per heavy atom. The molecule has 0 aliphatic carbocycles. The quantitative estimate of drug-likeness (QED) is 0.546. The van der Waals surface area contributed by atoms with E-state index in [-0.39, 0.29) is 0 Å². The molecule has 0 saturated heterocycles. The van der Waals surface area contributed by atoms with Gasteiger partial charge in [0.2, 0.25) is 0 Å². The Labute approximate surface area is 72.6 Å². The standard InChI is InChI=1S/C7H17NO2S/c1-9-3-4-10-5-7-11-6-2-8/h2-8H2,1H3. The number of methoxy groups -OCH3 is 1. The topological polar surface area (TPSA) is 44.5 Å². The van der Waals surface area contributed by atoms with Crippen LogP contribution in [0.5, 0.6) is 0 Å². The molecule has 0 aromatic rings. The van der Waals surface area contributed by atoms with Crippen molar-refractivity contribution in [3.05, 3.63) is 0 Å². The van der Waals surface area contributed by atoms with E-state index in [1.807, 2.05) is 11.8 Å². The molecule has 4 heteroatoms. The minimum absolute atomic E-state index is 0.682. The van der Waals surface area contributed by atoms with E-state index >= 15 is 0 Å². The summed E-state index contributed by atoms with van der Waals surface area (Å²) in [6.45, 7) is 2.93. The second-order valence-corrected chi connectivity index (χ2v) is 3.23. The van der Waals surface area contributed by atoms with Crippen LogP contribution in [-0.2, 0) is 9.47 Å². The van der Waals surface area contributed by atoms with Gasteiger partial charge in [-0.05, 0) is 0 Å². The lowest BCUT2D eigenvalue weighted by Gasteiger charge is -2.02. The van der Waals surface area contributed by atoms with Gasteiger partial charge in [-0.25, -0.2) is 0 Å². The van der Waals surface area contributed by atoms with Gasteiger partial charge in [0, 0.05) is 25.2 Å². The fourth-order valence-electron chi connectivity index (χ4n) is 0.548. The minimum Gasteiger partial charge on any atom is -0.382 e. The van der Waals surface area contributed by atoms with Crippen molar-refractivity contribution in [2.75, 3.05) is 45.0 Å². The van der Waals surface area contributed by atoms with Crippen LogP contribution in [0.15, 0.2) is 0 Å². The molecule has 0 aliphatic heterocycles. The molecule has 3 nitrogen and oxygen atoms in total. The Morgan fingerprint density at radius 2 is 2.00 bits per heavy atom.